The van der Waals surface area contributed by atoms with Gasteiger partial charge in [-0.25, -0.2) is 0 Å². The zero-order chi connectivity index (χ0) is 9.26. The highest BCUT2D eigenvalue weighted by Gasteiger charge is 2.39. The molecule has 0 spiro atoms. The molecule has 1 amide bonds. The van der Waals surface area contributed by atoms with Crippen LogP contribution in [-0.4, -0.2) is 18.3 Å². The second-order valence-electron chi connectivity index (χ2n) is 4.37. The minimum Gasteiger partial charge on any atom is -0.355 e. The molecular weight excluding hydrogens is 186 g/mol. The first kappa shape index (κ1) is 9.32. The maximum absolute atomic E-state index is 10.9. The van der Waals surface area contributed by atoms with Crippen LogP contribution < -0.4 is 5.32 Å². The van der Waals surface area contributed by atoms with Crippen molar-refractivity contribution in [3.63, 3.8) is 0 Å². The molecule has 1 N–H and O–H groups in total. The molecule has 0 saturated heterocycles. The lowest BCUT2D eigenvalue weighted by molar-refractivity contribution is -0.118. The molecule has 0 aromatic carbocycles. The molecule has 2 fully saturated rings. The smallest absolute Gasteiger partial charge is 0.234 e. The second-order valence-corrected chi connectivity index (χ2v) is 4.64. The van der Waals surface area contributed by atoms with Gasteiger partial charge in [-0.2, -0.15) is 0 Å². The molecule has 0 aromatic heterocycles. The van der Waals surface area contributed by atoms with Crippen molar-refractivity contribution in [1.82, 2.24) is 5.32 Å². The largest absolute Gasteiger partial charge is 0.355 e. The van der Waals surface area contributed by atoms with Crippen LogP contribution in [-0.2, 0) is 4.79 Å². The molecule has 2 aliphatic rings. The van der Waals surface area contributed by atoms with Gasteiger partial charge >= 0.3 is 0 Å². The first-order chi connectivity index (χ1) is 6.29. The van der Waals surface area contributed by atoms with Gasteiger partial charge in [-0.1, -0.05) is 6.42 Å². The topological polar surface area (TPSA) is 29.1 Å². The summed E-state index contributed by atoms with van der Waals surface area (Å²) in [4.78, 5) is 10.9. The number of carbonyl (C=O) groups is 1. The standard InChI is InChI=1S/C10H16ClNO/c11-5-10(13)12-6-9-4-7-1-2-8(9)3-7/h7-9H,1-6H2,(H,12,13)/t7-,8+,9+/m0/s1. The highest BCUT2D eigenvalue weighted by molar-refractivity contribution is 6.27. The molecule has 2 bridgehead atoms. The summed E-state index contributed by atoms with van der Waals surface area (Å²) in [5, 5.41) is 2.89. The number of carbonyl (C=O) groups excluding carboxylic acids is 1. The lowest BCUT2D eigenvalue weighted by Gasteiger charge is -2.21. The number of alkyl halides is 1. The summed E-state index contributed by atoms with van der Waals surface area (Å²) in [5.41, 5.74) is 0. The number of rotatable bonds is 3. The van der Waals surface area contributed by atoms with Crippen LogP contribution in [0, 0.1) is 17.8 Å². The molecule has 2 aliphatic carbocycles. The van der Waals surface area contributed by atoms with Gasteiger partial charge in [-0.15, -0.1) is 11.6 Å². The van der Waals surface area contributed by atoms with Crippen molar-refractivity contribution in [3.05, 3.63) is 0 Å². The molecule has 0 aliphatic heterocycles. The first-order valence-corrected chi connectivity index (χ1v) is 5.65. The Hall–Kier alpha value is -0.240. The monoisotopic (exact) mass is 201 g/mol. The van der Waals surface area contributed by atoms with Gasteiger partial charge < -0.3 is 5.32 Å². The van der Waals surface area contributed by atoms with Gasteiger partial charge in [0.15, 0.2) is 0 Å². The van der Waals surface area contributed by atoms with E-state index in [0.29, 0.717) is 0 Å². The summed E-state index contributed by atoms with van der Waals surface area (Å²) in [6, 6.07) is 0. The van der Waals surface area contributed by atoms with Gasteiger partial charge in [0.2, 0.25) is 5.91 Å². The fourth-order valence-electron chi connectivity index (χ4n) is 2.92. The van der Waals surface area contributed by atoms with E-state index in [1.807, 2.05) is 0 Å². The number of hydrogen-bond donors (Lipinski definition) is 1. The van der Waals surface area contributed by atoms with E-state index in [-0.39, 0.29) is 11.8 Å². The molecule has 3 atom stereocenters. The van der Waals surface area contributed by atoms with Gasteiger partial charge in [-0.3, -0.25) is 4.79 Å². The maximum Gasteiger partial charge on any atom is 0.234 e. The maximum atomic E-state index is 10.9. The SMILES string of the molecule is O=C(CCl)NC[C@H]1C[C@H]2CC[C@@H]1C2. The van der Waals surface area contributed by atoms with Crippen molar-refractivity contribution in [2.24, 2.45) is 17.8 Å². The van der Waals surface area contributed by atoms with Crippen LogP contribution in [0.5, 0.6) is 0 Å². The number of nitrogens with one attached hydrogen (secondary N) is 1. The Morgan fingerprint density at radius 3 is 2.77 bits per heavy atom. The van der Waals surface area contributed by atoms with Crippen molar-refractivity contribution in [1.29, 1.82) is 0 Å². The molecule has 13 heavy (non-hydrogen) atoms. The van der Waals surface area contributed by atoms with E-state index in [2.05, 4.69) is 5.32 Å². The summed E-state index contributed by atoms with van der Waals surface area (Å²) >= 11 is 5.40. The highest BCUT2D eigenvalue weighted by Crippen LogP contribution is 2.47. The summed E-state index contributed by atoms with van der Waals surface area (Å²) in [7, 11) is 0. The van der Waals surface area contributed by atoms with E-state index < -0.39 is 0 Å². The Morgan fingerprint density at radius 1 is 1.38 bits per heavy atom. The van der Waals surface area contributed by atoms with E-state index in [9.17, 15) is 4.79 Å². The summed E-state index contributed by atoms with van der Waals surface area (Å²) < 4.78 is 0. The summed E-state index contributed by atoms with van der Waals surface area (Å²) in [6.45, 7) is 0.854. The van der Waals surface area contributed by atoms with Crippen molar-refractivity contribution in [2.45, 2.75) is 25.7 Å². The van der Waals surface area contributed by atoms with E-state index >= 15 is 0 Å². The van der Waals surface area contributed by atoms with Crippen LogP contribution in [0.15, 0.2) is 0 Å². The Labute approximate surface area is 84.0 Å². The molecule has 0 radical (unpaired) electrons. The van der Waals surface area contributed by atoms with E-state index in [1.54, 1.807) is 0 Å². The lowest BCUT2D eigenvalue weighted by atomic mass is 9.89. The third-order valence-electron chi connectivity index (χ3n) is 3.57. The lowest BCUT2D eigenvalue weighted by Crippen LogP contribution is -2.32. The minimum absolute atomic E-state index is 0.0237. The summed E-state index contributed by atoms with van der Waals surface area (Å²) in [6.07, 6.45) is 5.53. The van der Waals surface area contributed by atoms with Crippen LogP contribution in [0.2, 0.25) is 0 Å². The molecule has 0 unspecified atom stereocenters. The third kappa shape index (κ3) is 1.98. The van der Waals surface area contributed by atoms with Gasteiger partial charge in [0.25, 0.3) is 0 Å². The van der Waals surface area contributed by atoms with Gasteiger partial charge in [0.1, 0.15) is 5.88 Å². The fourth-order valence-corrected chi connectivity index (χ4v) is 3.01. The van der Waals surface area contributed by atoms with Crippen LogP contribution in [0.4, 0.5) is 0 Å². The van der Waals surface area contributed by atoms with Crippen LogP contribution in [0.3, 0.4) is 0 Å². The second kappa shape index (κ2) is 3.87. The molecule has 0 aromatic rings. The summed E-state index contributed by atoms with van der Waals surface area (Å²) in [5.74, 6) is 2.67. The normalized spacial score (nSPS) is 36.5. The molecule has 74 valence electrons. The molecule has 2 rings (SSSR count). The third-order valence-corrected chi connectivity index (χ3v) is 3.81. The molecule has 2 saturated carbocycles. The van der Waals surface area contributed by atoms with E-state index in [4.69, 9.17) is 11.6 Å². The van der Waals surface area contributed by atoms with Crippen molar-refractivity contribution in [3.8, 4) is 0 Å². The first-order valence-electron chi connectivity index (χ1n) is 5.12. The van der Waals surface area contributed by atoms with Gasteiger partial charge in [0, 0.05) is 6.54 Å². The number of amides is 1. The van der Waals surface area contributed by atoms with Crippen LogP contribution in [0.1, 0.15) is 25.7 Å². The number of halogens is 1. The van der Waals surface area contributed by atoms with Crippen LogP contribution >= 0.6 is 11.6 Å². The predicted molar refractivity (Wildman–Crippen MR) is 52.7 cm³/mol. The average molecular weight is 202 g/mol. The molecular formula is C10H16ClNO. The highest BCUT2D eigenvalue weighted by atomic mass is 35.5. The average Bonchev–Trinajstić information content (AvgIpc) is 2.74. The van der Waals surface area contributed by atoms with Gasteiger partial charge in [0.05, 0.1) is 0 Å². The Balaban J connectivity index is 1.74. The van der Waals surface area contributed by atoms with E-state index in [1.165, 1.54) is 25.7 Å². The number of hydrogen-bond acceptors (Lipinski definition) is 1. The zero-order valence-corrected chi connectivity index (χ0v) is 8.52. The number of fused-ring (bicyclic) bond motifs is 2. The van der Waals surface area contributed by atoms with Crippen LogP contribution in [0.25, 0.3) is 0 Å². The van der Waals surface area contributed by atoms with Crippen molar-refractivity contribution in [2.75, 3.05) is 12.4 Å². The molecule has 0 heterocycles. The minimum atomic E-state index is -0.0237. The molecule has 2 nitrogen and oxygen atoms in total. The van der Waals surface area contributed by atoms with E-state index in [0.717, 1.165) is 24.3 Å². The fraction of sp³-hybridized carbons (Fsp3) is 0.900. The zero-order valence-electron chi connectivity index (χ0n) is 7.76. The van der Waals surface area contributed by atoms with Gasteiger partial charge in [-0.05, 0) is 37.0 Å². The quantitative estimate of drug-likeness (QED) is 0.693. The molecule has 3 heteroatoms. The van der Waals surface area contributed by atoms with Crippen molar-refractivity contribution >= 4 is 17.5 Å². The Bertz CT molecular complexity index is 207. The van der Waals surface area contributed by atoms with Crippen molar-refractivity contribution < 1.29 is 4.79 Å². The predicted octanol–water partition coefficient (Wildman–Crippen LogP) is 1.78. The Morgan fingerprint density at radius 2 is 2.23 bits per heavy atom. The Kier molecular flexibility index (Phi) is 2.77.